The molecule has 4 rings (SSSR count). The number of aliphatic hydroxyl groups excluding tert-OH is 1. The number of ketones is 1. The van der Waals surface area contributed by atoms with E-state index >= 15 is 0 Å². The molecule has 1 fully saturated rings. The number of hydrogen-bond donors (Lipinski definition) is 2. The van der Waals surface area contributed by atoms with Crippen molar-refractivity contribution in [1.82, 2.24) is 9.55 Å². The normalized spacial score (nSPS) is 20.4. The predicted octanol–water partition coefficient (Wildman–Crippen LogP) is 2.07. The number of aromatic nitrogens is 2. The van der Waals surface area contributed by atoms with Gasteiger partial charge in [-0.3, -0.25) is 23.9 Å². The van der Waals surface area contributed by atoms with E-state index in [9.17, 15) is 24.3 Å². The fraction of sp³-hybridized carbons (Fsp3) is 0.308. The molecule has 0 amide bonds. The van der Waals surface area contributed by atoms with Gasteiger partial charge in [-0.15, -0.1) is 0 Å². The highest BCUT2D eigenvalue weighted by Gasteiger charge is 2.39. The van der Waals surface area contributed by atoms with E-state index in [0.717, 1.165) is 0 Å². The van der Waals surface area contributed by atoms with Crippen molar-refractivity contribution in [2.75, 3.05) is 6.61 Å². The number of nitrogens with zero attached hydrogens (tertiary/aromatic N) is 1. The van der Waals surface area contributed by atoms with Crippen molar-refractivity contribution >= 4 is 11.8 Å². The highest BCUT2D eigenvalue weighted by atomic mass is 16.6. The Morgan fingerprint density at radius 1 is 1.14 bits per heavy atom. The molecule has 2 N–H and O–H groups in total. The van der Waals surface area contributed by atoms with E-state index in [1.807, 2.05) is 6.07 Å². The second-order valence-electron chi connectivity index (χ2n) is 8.54. The van der Waals surface area contributed by atoms with Crippen LogP contribution in [0.25, 0.3) is 0 Å². The monoisotopic (exact) mass is 478 g/mol. The molecule has 1 aliphatic rings. The Morgan fingerprint density at radius 2 is 1.86 bits per heavy atom. The first-order valence-corrected chi connectivity index (χ1v) is 11.3. The SMILES string of the molecule is Cc1cn([C@H]2C[C@H](OC(=O)[C@@H](C)c3cccc(C(=O)c4ccccc4)c3)[C@@H](CO)O2)c(=O)[nH]c1=O. The van der Waals surface area contributed by atoms with Crippen LogP contribution < -0.4 is 11.2 Å². The van der Waals surface area contributed by atoms with Crippen molar-refractivity contribution in [2.45, 2.75) is 44.6 Å². The summed E-state index contributed by atoms with van der Waals surface area (Å²) in [4.78, 5) is 51.8. The molecular weight excluding hydrogens is 452 g/mol. The zero-order valence-corrected chi connectivity index (χ0v) is 19.3. The lowest BCUT2D eigenvalue weighted by Crippen LogP contribution is -2.33. The van der Waals surface area contributed by atoms with E-state index in [0.29, 0.717) is 22.3 Å². The van der Waals surface area contributed by atoms with Gasteiger partial charge < -0.3 is 14.6 Å². The molecule has 0 bridgehead atoms. The molecule has 0 spiro atoms. The zero-order valence-electron chi connectivity index (χ0n) is 19.3. The summed E-state index contributed by atoms with van der Waals surface area (Å²) in [7, 11) is 0. The first-order chi connectivity index (χ1) is 16.8. The van der Waals surface area contributed by atoms with Gasteiger partial charge in [0.25, 0.3) is 5.56 Å². The van der Waals surface area contributed by atoms with Gasteiger partial charge in [0, 0.05) is 29.3 Å². The first-order valence-electron chi connectivity index (χ1n) is 11.3. The number of ether oxygens (including phenoxy) is 2. The maximum atomic E-state index is 13.0. The van der Waals surface area contributed by atoms with Gasteiger partial charge in [0.2, 0.25) is 0 Å². The summed E-state index contributed by atoms with van der Waals surface area (Å²) in [6, 6.07) is 15.7. The second-order valence-corrected chi connectivity index (χ2v) is 8.54. The summed E-state index contributed by atoms with van der Waals surface area (Å²) < 4.78 is 12.6. The van der Waals surface area contributed by atoms with Crippen LogP contribution in [-0.2, 0) is 14.3 Å². The number of carbonyl (C=O) groups is 2. The molecule has 0 radical (unpaired) electrons. The Hall–Kier alpha value is -3.82. The van der Waals surface area contributed by atoms with Gasteiger partial charge in [-0.2, -0.15) is 0 Å². The van der Waals surface area contributed by atoms with Crippen LogP contribution in [0.15, 0.2) is 70.4 Å². The first kappa shape index (κ1) is 24.3. The Kier molecular flexibility index (Phi) is 7.09. The van der Waals surface area contributed by atoms with Gasteiger partial charge in [-0.25, -0.2) is 4.79 Å². The van der Waals surface area contributed by atoms with E-state index in [1.54, 1.807) is 62.4 Å². The summed E-state index contributed by atoms with van der Waals surface area (Å²) in [5, 5.41) is 9.74. The number of rotatable bonds is 7. The van der Waals surface area contributed by atoms with E-state index in [-0.39, 0.29) is 12.2 Å². The Morgan fingerprint density at radius 3 is 2.57 bits per heavy atom. The summed E-state index contributed by atoms with van der Waals surface area (Å²) in [5.41, 5.74) is 0.800. The quantitative estimate of drug-likeness (QED) is 0.393. The average Bonchev–Trinajstić information content (AvgIpc) is 3.28. The van der Waals surface area contributed by atoms with Crippen LogP contribution in [0.3, 0.4) is 0 Å². The molecule has 3 aromatic rings. The third-order valence-electron chi connectivity index (χ3n) is 6.12. The topological polar surface area (TPSA) is 128 Å². The van der Waals surface area contributed by atoms with Crippen LogP contribution in [0.5, 0.6) is 0 Å². The molecule has 9 heteroatoms. The van der Waals surface area contributed by atoms with Crippen LogP contribution in [0.1, 0.15) is 52.5 Å². The molecule has 35 heavy (non-hydrogen) atoms. The predicted molar refractivity (Wildman–Crippen MR) is 126 cm³/mol. The van der Waals surface area contributed by atoms with Crippen LogP contribution in [-0.4, -0.2) is 45.2 Å². The van der Waals surface area contributed by atoms with Gasteiger partial charge in [0.15, 0.2) is 5.78 Å². The molecule has 0 saturated carbocycles. The lowest BCUT2D eigenvalue weighted by molar-refractivity contribution is -0.154. The average molecular weight is 479 g/mol. The molecular formula is C26H26N2O7. The van der Waals surface area contributed by atoms with Crippen molar-refractivity contribution in [2.24, 2.45) is 0 Å². The lowest BCUT2D eigenvalue weighted by atomic mass is 9.95. The number of H-pyrrole nitrogens is 1. The smallest absolute Gasteiger partial charge is 0.330 e. The van der Waals surface area contributed by atoms with Crippen LogP contribution in [0, 0.1) is 6.92 Å². The van der Waals surface area contributed by atoms with E-state index in [4.69, 9.17) is 9.47 Å². The number of carbonyl (C=O) groups excluding carboxylic acids is 2. The van der Waals surface area contributed by atoms with Crippen molar-refractivity contribution < 1.29 is 24.2 Å². The number of benzene rings is 2. The summed E-state index contributed by atoms with van der Waals surface area (Å²) >= 11 is 0. The maximum Gasteiger partial charge on any atom is 0.330 e. The molecule has 182 valence electrons. The number of hydrogen-bond acceptors (Lipinski definition) is 7. The number of esters is 1. The van der Waals surface area contributed by atoms with Crippen molar-refractivity contribution in [3.63, 3.8) is 0 Å². The molecule has 9 nitrogen and oxygen atoms in total. The van der Waals surface area contributed by atoms with Gasteiger partial charge in [-0.05, 0) is 25.5 Å². The molecule has 2 heterocycles. The summed E-state index contributed by atoms with van der Waals surface area (Å²) in [5.74, 6) is -1.39. The highest BCUT2D eigenvalue weighted by Crippen LogP contribution is 2.31. The van der Waals surface area contributed by atoms with Gasteiger partial charge in [0.1, 0.15) is 18.4 Å². The van der Waals surface area contributed by atoms with Crippen LogP contribution >= 0.6 is 0 Å². The number of aryl methyl sites for hydroxylation is 1. The third-order valence-corrected chi connectivity index (χ3v) is 6.12. The Labute approximate surface area is 201 Å². The molecule has 4 atom stereocenters. The standard InChI is InChI=1S/C26H26N2O7/c1-15-13-28(26(33)27-24(15)31)22-12-20(21(14-29)34-22)35-25(32)16(2)18-9-6-10-19(11-18)23(30)17-7-4-3-5-8-17/h3-11,13,16,20-22,29H,12,14H2,1-2H3,(H,27,31,33)/t16-,20-,21+,22+/m0/s1. The van der Waals surface area contributed by atoms with Gasteiger partial charge in [0.05, 0.1) is 12.5 Å². The third kappa shape index (κ3) is 5.16. The fourth-order valence-corrected chi connectivity index (χ4v) is 4.05. The van der Waals surface area contributed by atoms with E-state index < -0.39 is 48.2 Å². The fourth-order valence-electron chi connectivity index (χ4n) is 4.05. The molecule has 2 aromatic carbocycles. The molecule has 0 aliphatic carbocycles. The van der Waals surface area contributed by atoms with Crippen molar-refractivity contribution in [1.29, 1.82) is 0 Å². The van der Waals surface area contributed by atoms with Gasteiger partial charge in [-0.1, -0.05) is 48.5 Å². The van der Waals surface area contributed by atoms with Crippen LogP contribution in [0.4, 0.5) is 0 Å². The molecule has 1 saturated heterocycles. The van der Waals surface area contributed by atoms with E-state index in [2.05, 4.69) is 4.98 Å². The zero-order chi connectivity index (χ0) is 25.1. The van der Waals surface area contributed by atoms with E-state index in [1.165, 1.54) is 10.8 Å². The van der Waals surface area contributed by atoms with Gasteiger partial charge >= 0.3 is 11.7 Å². The summed E-state index contributed by atoms with van der Waals surface area (Å²) in [6.07, 6.45) is -0.936. The lowest BCUT2D eigenvalue weighted by Gasteiger charge is -2.19. The van der Waals surface area contributed by atoms with Crippen LogP contribution in [0.2, 0.25) is 0 Å². The summed E-state index contributed by atoms with van der Waals surface area (Å²) in [6.45, 7) is 2.82. The maximum absolute atomic E-state index is 13.0. The molecule has 0 unspecified atom stereocenters. The van der Waals surface area contributed by atoms with Crippen molar-refractivity contribution in [3.8, 4) is 0 Å². The molecule has 1 aromatic heterocycles. The number of nitrogens with one attached hydrogen (secondary N) is 1. The Balaban J connectivity index is 1.48. The largest absolute Gasteiger partial charge is 0.459 e. The highest BCUT2D eigenvalue weighted by molar-refractivity contribution is 6.09. The number of aromatic amines is 1. The second kappa shape index (κ2) is 10.2. The minimum Gasteiger partial charge on any atom is -0.459 e. The number of aliphatic hydroxyl groups is 1. The minimum absolute atomic E-state index is 0.127. The Bertz CT molecular complexity index is 1350. The van der Waals surface area contributed by atoms with Crippen molar-refractivity contribution in [3.05, 3.63) is 104 Å². The minimum atomic E-state index is -0.832. The molecule has 1 aliphatic heterocycles.